The van der Waals surface area contributed by atoms with E-state index in [1.54, 1.807) is 13.0 Å². The number of primary sulfonamides is 1. The van der Waals surface area contributed by atoms with Gasteiger partial charge in [-0.3, -0.25) is 0 Å². The summed E-state index contributed by atoms with van der Waals surface area (Å²) in [7, 11) is -2.64. The first-order valence-electron chi connectivity index (χ1n) is 9.35. The monoisotopic (exact) mass is 444 g/mol. The van der Waals surface area contributed by atoms with E-state index in [0.29, 0.717) is 30.0 Å². The van der Waals surface area contributed by atoms with Crippen LogP contribution in [-0.2, 0) is 22.6 Å². The summed E-state index contributed by atoms with van der Waals surface area (Å²) in [4.78, 5) is 1.12. The predicted octanol–water partition coefficient (Wildman–Crippen LogP) is 2.71. The maximum absolute atomic E-state index is 13.2. The standard InChI is InChI=1S/C19H23F3N4O3S/c1-11-6-13(7-12-4-3-5-26(2)10-12)24-25-18(11)14-8-17(30(23,28)29)15(9-16(14)27)19(20,21)22/h6,8-9,12,27H,3-5,7,10H2,1-2H3,(H2,23,28,29)/t12-/m0/s1. The Morgan fingerprint density at radius 2 is 1.97 bits per heavy atom. The minimum atomic E-state index is -5.00. The lowest BCUT2D eigenvalue weighted by molar-refractivity contribution is -0.140. The van der Waals surface area contributed by atoms with Crippen molar-refractivity contribution in [2.45, 2.75) is 37.3 Å². The number of sulfonamides is 1. The topological polar surface area (TPSA) is 109 Å². The number of aromatic hydroxyl groups is 1. The molecule has 1 aliphatic rings. The second-order valence-corrected chi connectivity index (χ2v) is 9.28. The molecule has 0 unspecified atom stereocenters. The third-order valence-electron chi connectivity index (χ3n) is 5.22. The molecule has 11 heteroatoms. The molecule has 3 rings (SSSR count). The quantitative estimate of drug-likeness (QED) is 0.751. The van der Waals surface area contributed by atoms with Gasteiger partial charge in [-0.25, -0.2) is 13.6 Å². The number of nitrogens with zero attached hydrogens (tertiary/aromatic N) is 3. The maximum atomic E-state index is 13.2. The average Bonchev–Trinajstić information content (AvgIpc) is 2.60. The van der Waals surface area contributed by atoms with E-state index in [-0.39, 0.29) is 11.3 Å². The van der Waals surface area contributed by atoms with Crippen LogP contribution in [-0.4, -0.2) is 48.8 Å². The van der Waals surface area contributed by atoms with Gasteiger partial charge in [0.05, 0.1) is 21.8 Å². The van der Waals surface area contributed by atoms with Crippen LogP contribution >= 0.6 is 0 Å². The van der Waals surface area contributed by atoms with Crippen molar-refractivity contribution in [3.8, 4) is 17.0 Å². The van der Waals surface area contributed by atoms with E-state index < -0.39 is 32.4 Å². The smallest absolute Gasteiger partial charge is 0.417 e. The molecule has 2 heterocycles. The number of hydrogen-bond acceptors (Lipinski definition) is 6. The van der Waals surface area contributed by atoms with Crippen molar-refractivity contribution in [2.24, 2.45) is 11.1 Å². The summed E-state index contributed by atoms with van der Waals surface area (Å²) in [6, 6.07) is 2.80. The zero-order chi connectivity index (χ0) is 22.3. The van der Waals surface area contributed by atoms with Crippen molar-refractivity contribution in [1.29, 1.82) is 0 Å². The molecule has 30 heavy (non-hydrogen) atoms. The van der Waals surface area contributed by atoms with Crippen LogP contribution in [0.3, 0.4) is 0 Å². The van der Waals surface area contributed by atoms with E-state index in [2.05, 4.69) is 22.1 Å². The fourth-order valence-electron chi connectivity index (χ4n) is 3.86. The molecule has 1 atom stereocenters. The summed E-state index contributed by atoms with van der Waals surface area (Å²) in [5.74, 6) is -0.328. The highest BCUT2D eigenvalue weighted by Crippen LogP contribution is 2.40. The number of alkyl halides is 3. The minimum absolute atomic E-state index is 0.0932. The number of nitrogens with two attached hydrogens (primary N) is 1. The van der Waals surface area contributed by atoms with Gasteiger partial charge in [0.15, 0.2) is 0 Å². The zero-order valence-electron chi connectivity index (χ0n) is 16.6. The molecule has 2 aromatic rings. The number of rotatable bonds is 4. The van der Waals surface area contributed by atoms with Crippen molar-refractivity contribution in [2.75, 3.05) is 20.1 Å². The number of benzene rings is 1. The highest BCUT2D eigenvalue weighted by molar-refractivity contribution is 7.89. The Bertz CT molecular complexity index is 1060. The first-order valence-corrected chi connectivity index (χ1v) is 10.9. The van der Waals surface area contributed by atoms with Crippen LogP contribution in [0.5, 0.6) is 5.75 Å². The Morgan fingerprint density at radius 3 is 2.53 bits per heavy atom. The SMILES string of the molecule is Cc1cc(C[C@@H]2CCCN(C)C2)nnc1-c1cc(S(N)(=O)=O)c(C(F)(F)F)cc1O. The summed E-state index contributed by atoms with van der Waals surface area (Å²) in [6.45, 7) is 3.67. The molecular formula is C19H23F3N4O3S. The Hall–Kier alpha value is -2.24. The summed E-state index contributed by atoms with van der Waals surface area (Å²) < 4.78 is 63.1. The normalized spacial score (nSPS) is 18.5. The van der Waals surface area contributed by atoms with Crippen molar-refractivity contribution >= 4 is 10.0 Å². The molecular weight excluding hydrogens is 421 g/mol. The van der Waals surface area contributed by atoms with Crippen molar-refractivity contribution in [3.63, 3.8) is 0 Å². The molecule has 0 spiro atoms. The van der Waals surface area contributed by atoms with Crippen LogP contribution in [0.2, 0.25) is 0 Å². The number of halogens is 3. The van der Waals surface area contributed by atoms with Crippen LogP contribution in [0.4, 0.5) is 13.2 Å². The molecule has 0 saturated carbocycles. The van der Waals surface area contributed by atoms with Crippen LogP contribution < -0.4 is 5.14 Å². The molecule has 7 nitrogen and oxygen atoms in total. The Morgan fingerprint density at radius 1 is 1.27 bits per heavy atom. The van der Waals surface area contributed by atoms with Gasteiger partial charge in [0, 0.05) is 12.1 Å². The second kappa shape index (κ2) is 8.12. The van der Waals surface area contributed by atoms with Gasteiger partial charge < -0.3 is 10.0 Å². The third kappa shape index (κ3) is 4.90. The number of likely N-dealkylation sites (tertiary alicyclic amines) is 1. The predicted molar refractivity (Wildman–Crippen MR) is 104 cm³/mol. The van der Waals surface area contributed by atoms with Crippen LogP contribution in [0.1, 0.15) is 29.7 Å². The molecule has 3 N–H and O–H groups in total. The van der Waals surface area contributed by atoms with Gasteiger partial charge in [0.1, 0.15) is 5.75 Å². The fraction of sp³-hybridized carbons (Fsp3) is 0.474. The molecule has 0 aliphatic carbocycles. The second-order valence-electron chi connectivity index (χ2n) is 7.75. The van der Waals surface area contributed by atoms with Gasteiger partial charge in [-0.2, -0.15) is 18.3 Å². The molecule has 0 amide bonds. The molecule has 1 aromatic heterocycles. The minimum Gasteiger partial charge on any atom is -0.507 e. The van der Waals surface area contributed by atoms with Gasteiger partial charge in [-0.05, 0) is 69.5 Å². The van der Waals surface area contributed by atoms with Gasteiger partial charge in [0.2, 0.25) is 10.0 Å². The largest absolute Gasteiger partial charge is 0.507 e. The van der Waals surface area contributed by atoms with Gasteiger partial charge in [0.25, 0.3) is 0 Å². The number of piperidine rings is 1. The van der Waals surface area contributed by atoms with Gasteiger partial charge >= 0.3 is 6.18 Å². The van der Waals surface area contributed by atoms with Crippen molar-refractivity contribution < 1.29 is 26.7 Å². The number of phenols is 1. The average molecular weight is 444 g/mol. The number of hydrogen-bond donors (Lipinski definition) is 2. The number of phenolic OH excluding ortho intramolecular Hbond substituents is 1. The van der Waals surface area contributed by atoms with E-state index in [9.17, 15) is 26.7 Å². The van der Waals surface area contributed by atoms with E-state index in [1.807, 2.05) is 0 Å². The first-order chi connectivity index (χ1) is 13.9. The lowest BCUT2D eigenvalue weighted by atomic mass is 9.93. The summed E-state index contributed by atoms with van der Waals surface area (Å²) >= 11 is 0. The number of aromatic nitrogens is 2. The highest BCUT2D eigenvalue weighted by Gasteiger charge is 2.38. The van der Waals surface area contributed by atoms with Crippen molar-refractivity contribution in [1.82, 2.24) is 15.1 Å². The summed E-state index contributed by atoms with van der Waals surface area (Å²) in [6.07, 6.45) is -2.12. The Labute approximate surface area is 172 Å². The third-order valence-corrected chi connectivity index (χ3v) is 6.17. The van der Waals surface area contributed by atoms with E-state index >= 15 is 0 Å². The molecule has 0 radical (unpaired) electrons. The first kappa shape index (κ1) is 22.4. The Balaban J connectivity index is 1.99. The van der Waals surface area contributed by atoms with E-state index in [1.165, 1.54) is 0 Å². The van der Waals surface area contributed by atoms with E-state index in [0.717, 1.165) is 31.6 Å². The van der Waals surface area contributed by atoms with Crippen molar-refractivity contribution in [3.05, 3.63) is 35.0 Å². The van der Waals surface area contributed by atoms with E-state index in [4.69, 9.17) is 5.14 Å². The summed E-state index contributed by atoms with van der Waals surface area (Å²) in [5, 5.41) is 23.4. The van der Waals surface area contributed by atoms with Gasteiger partial charge in [-0.1, -0.05) is 0 Å². The highest BCUT2D eigenvalue weighted by atomic mass is 32.2. The van der Waals surface area contributed by atoms with Crippen LogP contribution in [0.15, 0.2) is 23.1 Å². The lowest BCUT2D eigenvalue weighted by Gasteiger charge is -2.29. The maximum Gasteiger partial charge on any atom is 0.417 e. The van der Waals surface area contributed by atoms with Gasteiger partial charge in [-0.15, -0.1) is 5.10 Å². The van der Waals surface area contributed by atoms with Crippen LogP contribution in [0, 0.1) is 12.8 Å². The molecule has 1 aromatic carbocycles. The Kier molecular flexibility index (Phi) is 6.08. The molecule has 1 saturated heterocycles. The fourth-order valence-corrected chi connectivity index (χ4v) is 4.62. The molecule has 0 bridgehead atoms. The number of aryl methyl sites for hydroxylation is 1. The molecule has 1 aliphatic heterocycles. The molecule has 164 valence electrons. The lowest BCUT2D eigenvalue weighted by Crippen LogP contribution is -2.33. The summed E-state index contributed by atoms with van der Waals surface area (Å²) in [5.41, 5.74) is -0.333. The zero-order valence-corrected chi connectivity index (χ0v) is 17.4. The molecule has 1 fully saturated rings. The van der Waals surface area contributed by atoms with Crippen LogP contribution in [0.25, 0.3) is 11.3 Å².